The Bertz CT molecular complexity index is 1450. The lowest BCUT2D eigenvalue weighted by molar-refractivity contribution is -0.207. The van der Waals surface area contributed by atoms with Crippen LogP contribution in [0.1, 0.15) is 12.7 Å². The van der Waals surface area contributed by atoms with E-state index in [-0.39, 0.29) is 29.9 Å². The second-order valence-electron chi connectivity index (χ2n) is 7.60. The summed E-state index contributed by atoms with van der Waals surface area (Å²) < 4.78 is 42.0. The Kier molecular flexibility index (Phi) is 6.90. The lowest BCUT2D eigenvalue weighted by Gasteiger charge is -2.15. The molecule has 1 amide bonds. The first-order valence-electron chi connectivity index (χ1n) is 10.3. The summed E-state index contributed by atoms with van der Waals surface area (Å²) in [5.41, 5.74) is -0.183. The van der Waals surface area contributed by atoms with Crippen molar-refractivity contribution in [2.75, 3.05) is 5.32 Å². The maximum absolute atomic E-state index is 13.0. The van der Waals surface area contributed by atoms with Crippen LogP contribution in [0.2, 0.25) is 5.02 Å². The highest BCUT2D eigenvalue weighted by Gasteiger charge is 2.39. The normalized spacial score (nSPS) is 12.5. The van der Waals surface area contributed by atoms with Crippen molar-refractivity contribution < 1.29 is 23.1 Å². The van der Waals surface area contributed by atoms with Gasteiger partial charge in [0.15, 0.2) is 23.6 Å². The highest BCUT2D eigenvalue weighted by Crippen LogP contribution is 2.24. The molecule has 0 aliphatic rings. The number of nitrogens with zero attached hydrogens (tertiary/aromatic N) is 7. The Morgan fingerprint density at radius 3 is 2.56 bits per heavy atom. The number of aliphatic hydroxyl groups excluding tert-OH is 1. The number of anilines is 1. The number of pyridine rings is 1. The van der Waals surface area contributed by atoms with Crippen LogP contribution in [-0.4, -0.2) is 57.4 Å². The number of hydrogen-bond acceptors (Lipinski definition) is 7. The van der Waals surface area contributed by atoms with Gasteiger partial charge in [0.05, 0.1) is 6.54 Å². The molecule has 0 spiro atoms. The first-order chi connectivity index (χ1) is 17.0. The minimum absolute atomic E-state index is 0.0976. The van der Waals surface area contributed by atoms with Crippen LogP contribution in [0.4, 0.5) is 19.0 Å². The number of nitrogens with one attached hydrogen (secondary N) is 1. The molecule has 1 aromatic carbocycles. The number of carbonyl (C=O) groups is 1. The van der Waals surface area contributed by atoms with Crippen LogP contribution < -0.4 is 11.0 Å². The monoisotopic (exact) mass is 522 g/mol. The highest BCUT2D eigenvalue weighted by atomic mass is 35.5. The van der Waals surface area contributed by atoms with E-state index in [9.17, 15) is 27.9 Å². The van der Waals surface area contributed by atoms with Gasteiger partial charge in [-0.3, -0.25) is 9.36 Å². The van der Waals surface area contributed by atoms with E-state index in [1.54, 1.807) is 12.1 Å². The number of rotatable bonds is 7. The van der Waals surface area contributed by atoms with Gasteiger partial charge < -0.3 is 10.4 Å². The maximum atomic E-state index is 13.0. The number of halogens is 4. The van der Waals surface area contributed by atoms with E-state index < -0.39 is 24.5 Å². The summed E-state index contributed by atoms with van der Waals surface area (Å²) in [6.07, 6.45) is -4.91. The van der Waals surface area contributed by atoms with E-state index in [1.165, 1.54) is 48.4 Å². The van der Waals surface area contributed by atoms with Crippen molar-refractivity contribution in [1.29, 1.82) is 0 Å². The van der Waals surface area contributed by atoms with Gasteiger partial charge >= 0.3 is 11.9 Å². The third-order valence-electron chi connectivity index (χ3n) is 4.92. The number of aromatic nitrogens is 7. The van der Waals surface area contributed by atoms with Crippen molar-refractivity contribution in [3.63, 3.8) is 0 Å². The fourth-order valence-electron chi connectivity index (χ4n) is 3.26. The fraction of sp³-hybridized carbons (Fsp3) is 0.238. The molecule has 0 aliphatic heterocycles. The van der Waals surface area contributed by atoms with Gasteiger partial charge in [0.25, 0.3) is 0 Å². The van der Waals surface area contributed by atoms with Gasteiger partial charge in [0.1, 0.15) is 18.6 Å². The van der Waals surface area contributed by atoms with Crippen molar-refractivity contribution >= 4 is 23.3 Å². The minimum Gasteiger partial charge on any atom is -0.382 e. The molecular formula is C21H18ClF3N8O3. The van der Waals surface area contributed by atoms with E-state index in [4.69, 9.17) is 11.6 Å². The molecule has 4 aromatic rings. The largest absolute Gasteiger partial charge is 0.416 e. The second-order valence-corrected chi connectivity index (χ2v) is 8.03. The molecule has 0 radical (unpaired) electrons. The molecule has 3 heterocycles. The van der Waals surface area contributed by atoms with Gasteiger partial charge in [0.2, 0.25) is 5.91 Å². The lowest BCUT2D eigenvalue weighted by atomic mass is 10.2. The summed E-state index contributed by atoms with van der Waals surface area (Å²) in [5, 5.41) is 21.0. The molecule has 15 heteroatoms. The summed E-state index contributed by atoms with van der Waals surface area (Å²) in [4.78, 5) is 32.7. The van der Waals surface area contributed by atoms with Crippen LogP contribution in [0.25, 0.3) is 17.1 Å². The zero-order valence-electron chi connectivity index (χ0n) is 18.5. The molecular weight excluding hydrogens is 505 g/mol. The Morgan fingerprint density at radius 2 is 1.89 bits per heavy atom. The van der Waals surface area contributed by atoms with E-state index in [0.29, 0.717) is 16.3 Å². The lowest BCUT2D eigenvalue weighted by Crippen LogP contribution is -2.37. The quantitative estimate of drug-likeness (QED) is 0.380. The van der Waals surface area contributed by atoms with Crippen molar-refractivity contribution in [3.8, 4) is 17.1 Å². The number of aliphatic hydroxyl groups is 1. The molecule has 3 aromatic heterocycles. The van der Waals surface area contributed by atoms with Gasteiger partial charge in [0, 0.05) is 23.7 Å². The maximum Gasteiger partial charge on any atom is 0.416 e. The first kappa shape index (κ1) is 25.1. The molecule has 36 heavy (non-hydrogen) atoms. The molecule has 1 unspecified atom stereocenters. The SMILES string of the molecule is CC(=O)Nc1ncccc1-n1cnc(Cn2nc(-c3ccc(Cl)cc3)n(CC(O)C(F)(F)F)c2=O)n1. The molecule has 4 rings (SSSR count). The number of carbonyl (C=O) groups excluding carboxylic acids is 1. The Labute approximate surface area is 205 Å². The summed E-state index contributed by atoms with van der Waals surface area (Å²) in [6.45, 7) is -0.0167. The predicted octanol–water partition coefficient (Wildman–Crippen LogP) is 2.27. The van der Waals surface area contributed by atoms with Crippen LogP contribution in [0.3, 0.4) is 0 Å². The van der Waals surface area contributed by atoms with Crippen LogP contribution in [-0.2, 0) is 17.9 Å². The average molecular weight is 523 g/mol. The summed E-state index contributed by atoms with van der Waals surface area (Å²) in [6, 6.07) is 9.23. The van der Waals surface area contributed by atoms with Crippen LogP contribution in [0.5, 0.6) is 0 Å². The predicted molar refractivity (Wildman–Crippen MR) is 122 cm³/mol. The zero-order valence-corrected chi connectivity index (χ0v) is 19.3. The topological polar surface area (TPSA) is 133 Å². The van der Waals surface area contributed by atoms with Crippen LogP contribution >= 0.6 is 11.6 Å². The Hall–Kier alpha value is -4.04. The zero-order chi connectivity index (χ0) is 26.0. The first-order valence-corrected chi connectivity index (χ1v) is 10.7. The molecule has 0 aliphatic carbocycles. The van der Waals surface area contributed by atoms with Crippen molar-refractivity contribution in [1.82, 2.24) is 34.1 Å². The third-order valence-corrected chi connectivity index (χ3v) is 5.17. The molecule has 11 nitrogen and oxygen atoms in total. The smallest absolute Gasteiger partial charge is 0.382 e. The van der Waals surface area contributed by atoms with E-state index in [2.05, 4.69) is 25.5 Å². The second kappa shape index (κ2) is 9.91. The van der Waals surface area contributed by atoms with Gasteiger partial charge in [-0.1, -0.05) is 11.6 Å². The standard InChI is InChI=1S/C21H18ClF3N8O3/c1-12(34)28-18-15(3-2-8-26-18)33-11-27-17(29-33)10-32-20(36)31(9-16(35)21(23,24)25)19(30-32)13-4-6-14(22)7-5-13/h2-8,11,16,35H,9-10H2,1H3,(H,26,28,34). The summed E-state index contributed by atoms with van der Waals surface area (Å²) >= 11 is 5.89. The average Bonchev–Trinajstić information content (AvgIpc) is 3.39. The molecule has 2 N–H and O–H groups in total. The van der Waals surface area contributed by atoms with Crippen LogP contribution in [0.15, 0.2) is 53.7 Å². The third kappa shape index (κ3) is 5.44. The molecule has 1 atom stereocenters. The summed E-state index contributed by atoms with van der Waals surface area (Å²) in [5.74, 6) is -0.102. The minimum atomic E-state index is -4.94. The number of amides is 1. The number of hydrogen-bond donors (Lipinski definition) is 2. The van der Waals surface area contributed by atoms with E-state index in [0.717, 1.165) is 9.25 Å². The van der Waals surface area contributed by atoms with Gasteiger partial charge in [-0.15, -0.1) is 10.2 Å². The summed E-state index contributed by atoms with van der Waals surface area (Å²) in [7, 11) is 0. The van der Waals surface area contributed by atoms with Crippen molar-refractivity contribution in [2.45, 2.75) is 32.3 Å². The Balaban J connectivity index is 1.69. The highest BCUT2D eigenvalue weighted by molar-refractivity contribution is 6.30. The fourth-order valence-corrected chi connectivity index (χ4v) is 3.39. The van der Waals surface area contributed by atoms with Crippen molar-refractivity contribution in [3.05, 3.63) is 70.3 Å². The van der Waals surface area contributed by atoms with Gasteiger partial charge in [-0.25, -0.2) is 24.1 Å². The van der Waals surface area contributed by atoms with E-state index in [1.807, 2.05) is 0 Å². The molecule has 0 fully saturated rings. The molecule has 188 valence electrons. The Morgan fingerprint density at radius 1 is 1.17 bits per heavy atom. The molecule has 0 saturated heterocycles. The number of benzene rings is 1. The number of alkyl halides is 3. The molecule has 0 saturated carbocycles. The van der Waals surface area contributed by atoms with Crippen LogP contribution in [0, 0.1) is 0 Å². The van der Waals surface area contributed by atoms with Gasteiger partial charge in [-0.2, -0.15) is 13.2 Å². The van der Waals surface area contributed by atoms with E-state index >= 15 is 0 Å². The molecule has 0 bridgehead atoms. The van der Waals surface area contributed by atoms with Crippen molar-refractivity contribution in [2.24, 2.45) is 0 Å². The van der Waals surface area contributed by atoms with Gasteiger partial charge in [-0.05, 0) is 36.4 Å².